The lowest BCUT2D eigenvalue weighted by atomic mass is 10.0. The Balaban J connectivity index is 3.56. The van der Waals surface area contributed by atoms with Crippen LogP contribution in [0.4, 0.5) is 0 Å². The Morgan fingerprint density at radius 2 is 1.00 bits per heavy atom. The van der Waals surface area contributed by atoms with Crippen molar-refractivity contribution in [2.24, 2.45) is 0 Å². The number of nitrogens with one attached hydrogen (secondary N) is 1. The van der Waals surface area contributed by atoms with Crippen LogP contribution in [0, 0.1) is 0 Å². The first-order valence-corrected chi connectivity index (χ1v) is 25.0. The van der Waals surface area contributed by atoms with Gasteiger partial charge in [0, 0.05) is 19.4 Å². The molecule has 10 heteroatoms. The molecule has 0 spiro atoms. The van der Waals surface area contributed by atoms with Crippen LogP contribution >= 0.6 is 7.82 Å². The Labute approximate surface area is 350 Å². The van der Waals surface area contributed by atoms with E-state index in [1.165, 1.54) is 116 Å². The summed E-state index contributed by atoms with van der Waals surface area (Å²) >= 11 is 0. The number of amides is 1. The van der Waals surface area contributed by atoms with Crippen LogP contribution in [0.15, 0.2) is 36.5 Å². The third kappa shape index (κ3) is 45.2. The second-order valence-electron chi connectivity index (χ2n) is 15.7. The number of esters is 1. The Bertz CT molecular complexity index is 1030. The number of carbonyl (C=O) groups excluding carboxylic acids is 2. The molecule has 2 unspecified atom stereocenters. The maximum absolute atomic E-state index is 12.1. The summed E-state index contributed by atoms with van der Waals surface area (Å²) in [6.45, 7) is 3.45. The molecule has 0 heterocycles. The van der Waals surface area contributed by atoms with E-state index in [0.29, 0.717) is 6.42 Å². The third-order valence-corrected chi connectivity index (χ3v) is 11.1. The fourth-order valence-corrected chi connectivity index (χ4v) is 7.33. The van der Waals surface area contributed by atoms with Gasteiger partial charge in [-0.25, -0.2) is 4.57 Å². The van der Waals surface area contributed by atoms with Gasteiger partial charge >= 0.3 is 13.8 Å². The van der Waals surface area contributed by atoms with Gasteiger partial charge in [0.15, 0.2) is 0 Å². The maximum Gasteiger partial charge on any atom is 0.472 e. The first-order valence-electron chi connectivity index (χ1n) is 23.5. The monoisotopic (exact) mass is 826 g/mol. The zero-order valence-electron chi connectivity index (χ0n) is 36.8. The molecule has 0 aromatic carbocycles. The second kappa shape index (κ2) is 43.8. The predicted octanol–water partition coefficient (Wildman–Crippen LogP) is 13.3. The molecule has 0 saturated carbocycles. The zero-order chi connectivity index (χ0) is 41.8. The number of phosphoric acid groups is 1. The molecule has 0 saturated heterocycles. The van der Waals surface area contributed by atoms with E-state index >= 15 is 0 Å². The molecule has 9 nitrogen and oxygen atoms in total. The summed E-state index contributed by atoms with van der Waals surface area (Å²) in [5.41, 5.74) is 0. The molecule has 2 atom stereocenters. The van der Waals surface area contributed by atoms with Crippen LogP contribution in [0.2, 0.25) is 0 Å². The van der Waals surface area contributed by atoms with E-state index in [-0.39, 0.29) is 32.1 Å². The Morgan fingerprint density at radius 3 is 1.51 bits per heavy atom. The summed E-state index contributed by atoms with van der Waals surface area (Å²) in [6, 6.07) is 0. The Morgan fingerprint density at radius 1 is 0.561 bits per heavy atom. The van der Waals surface area contributed by atoms with Crippen LogP contribution in [-0.2, 0) is 27.9 Å². The number of hydrogen-bond acceptors (Lipinski definition) is 7. The van der Waals surface area contributed by atoms with Gasteiger partial charge in [0.05, 0.1) is 13.2 Å². The zero-order valence-corrected chi connectivity index (χ0v) is 37.7. The van der Waals surface area contributed by atoms with Crippen LogP contribution in [0.3, 0.4) is 0 Å². The molecular weight excluding hydrogens is 737 g/mol. The first kappa shape index (κ1) is 55.2. The van der Waals surface area contributed by atoms with Gasteiger partial charge < -0.3 is 20.1 Å². The van der Waals surface area contributed by atoms with Gasteiger partial charge in [0.1, 0.15) is 12.7 Å². The summed E-state index contributed by atoms with van der Waals surface area (Å²) in [7, 11) is -4.42. The fraction of sp³-hybridized carbons (Fsp3) is 0.830. The summed E-state index contributed by atoms with van der Waals surface area (Å²) < 4.78 is 26.9. The van der Waals surface area contributed by atoms with Gasteiger partial charge in [-0.2, -0.15) is 0 Å². The van der Waals surface area contributed by atoms with Crippen molar-refractivity contribution >= 4 is 19.7 Å². The molecule has 334 valence electrons. The highest BCUT2D eigenvalue weighted by Crippen LogP contribution is 2.42. The lowest BCUT2D eigenvalue weighted by Gasteiger charge is -2.15. The molecule has 0 aliphatic carbocycles. The van der Waals surface area contributed by atoms with Crippen LogP contribution in [0.1, 0.15) is 219 Å². The molecule has 0 bridgehead atoms. The topological polar surface area (TPSA) is 131 Å². The van der Waals surface area contributed by atoms with E-state index < -0.39 is 26.5 Å². The van der Waals surface area contributed by atoms with Crippen molar-refractivity contribution in [1.29, 1.82) is 0 Å². The lowest BCUT2D eigenvalue weighted by molar-refractivity contribution is -0.147. The number of rotatable bonds is 44. The summed E-state index contributed by atoms with van der Waals surface area (Å²) in [5, 5.41) is 12.7. The van der Waals surface area contributed by atoms with E-state index in [9.17, 15) is 24.2 Å². The molecule has 0 radical (unpaired) electrons. The number of unbranched alkanes of at least 4 members (excludes halogenated alkanes) is 25. The van der Waals surface area contributed by atoms with Crippen molar-refractivity contribution in [3.05, 3.63) is 36.5 Å². The molecule has 1 amide bonds. The highest BCUT2D eigenvalue weighted by Gasteiger charge is 2.23. The Kier molecular flexibility index (Phi) is 42.4. The van der Waals surface area contributed by atoms with Gasteiger partial charge in [-0.05, 0) is 44.9 Å². The third-order valence-electron chi connectivity index (χ3n) is 10.1. The van der Waals surface area contributed by atoms with E-state index in [1.807, 2.05) is 0 Å². The van der Waals surface area contributed by atoms with Crippen LogP contribution < -0.4 is 5.32 Å². The summed E-state index contributed by atoms with van der Waals surface area (Å²) in [6.07, 6.45) is 49.4. The van der Waals surface area contributed by atoms with Crippen LogP contribution in [-0.4, -0.2) is 54.3 Å². The molecule has 0 aliphatic heterocycles. The van der Waals surface area contributed by atoms with Gasteiger partial charge in [-0.15, -0.1) is 0 Å². The van der Waals surface area contributed by atoms with E-state index in [1.54, 1.807) is 0 Å². The fourth-order valence-electron chi connectivity index (χ4n) is 6.57. The van der Waals surface area contributed by atoms with Crippen molar-refractivity contribution in [2.45, 2.75) is 225 Å². The Hall–Kier alpha value is -1.77. The minimum atomic E-state index is -4.42. The van der Waals surface area contributed by atoms with Crippen LogP contribution in [0.5, 0.6) is 0 Å². The first-order chi connectivity index (χ1) is 27.8. The minimum Gasteiger partial charge on any atom is -0.463 e. The van der Waals surface area contributed by atoms with Crippen molar-refractivity contribution < 1.29 is 37.9 Å². The second-order valence-corrected chi connectivity index (χ2v) is 17.2. The molecular formula is C47H88NO8P. The summed E-state index contributed by atoms with van der Waals surface area (Å²) in [4.78, 5) is 34.0. The molecule has 0 aromatic rings. The molecule has 3 N–H and O–H groups in total. The quantitative estimate of drug-likeness (QED) is 0.0239. The van der Waals surface area contributed by atoms with Crippen LogP contribution in [0.25, 0.3) is 0 Å². The van der Waals surface area contributed by atoms with Crippen molar-refractivity contribution in [1.82, 2.24) is 5.32 Å². The van der Waals surface area contributed by atoms with Crippen molar-refractivity contribution in [3.8, 4) is 0 Å². The number of carbonyl (C=O) groups is 2. The maximum atomic E-state index is 12.1. The molecule has 57 heavy (non-hydrogen) atoms. The molecule has 0 aliphatic rings. The van der Waals surface area contributed by atoms with Gasteiger partial charge in [0.25, 0.3) is 0 Å². The smallest absolute Gasteiger partial charge is 0.463 e. The van der Waals surface area contributed by atoms with Gasteiger partial charge in [0.2, 0.25) is 5.91 Å². The van der Waals surface area contributed by atoms with Gasteiger partial charge in [-0.3, -0.25) is 18.6 Å². The largest absolute Gasteiger partial charge is 0.472 e. The van der Waals surface area contributed by atoms with Gasteiger partial charge in [-0.1, -0.05) is 198 Å². The van der Waals surface area contributed by atoms with Crippen molar-refractivity contribution in [3.63, 3.8) is 0 Å². The number of hydrogen-bond donors (Lipinski definition) is 3. The highest BCUT2D eigenvalue weighted by atomic mass is 31.2. The highest BCUT2D eigenvalue weighted by molar-refractivity contribution is 7.47. The predicted molar refractivity (Wildman–Crippen MR) is 238 cm³/mol. The lowest BCUT2D eigenvalue weighted by Crippen LogP contribution is -2.27. The molecule has 0 fully saturated rings. The van der Waals surface area contributed by atoms with E-state index in [4.69, 9.17) is 13.8 Å². The minimum absolute atomic E-state index is 0.0728. The number of aliphatic hydroxyl groups excluding tert-OH is 1. The summed E-state index contributed by atoms with van der Waals surface area (Å²) in [5.74, 6) is -0.527. The average molecular weight is 826 g/mol. The average Bonchev–Trinajstić information content (AvgIpc) is 3.20. The number of ether oxygens (including phenoxy) is 1. The number of phosphoric ester groups is 1. The number of aliphatic hydroxyl groups is 1. The molecule has 0 aromatic heterocycles. The SMILES string of the molecule is CC/C=C\C/C=C\C/C=C\CCCCCCCC(=O)NCCOP(=O)(O)OCC(O)COC(=O)CCCCCCCCCCCCCCCCCCCCCCC. The van der Waals surface area contributed by atoms with Crippen molar-refractivity contribution in [2.75, 3.05) is 26.4 Å². The van der Waals surface area contributed by atoms with E-state index in [2.05, 4.69) is 55.6 Å². The number of allylic oxidation sites excluding steroid dienone is 6. The van der Waals surface area contributed by atoms with E-state index in [0.717, 1.165) is 77.0 Å². The standard InChI is InChI=1S/C47H88NO8P/c1-3-5-7-9-11-13-15-17-19-20-21-22-23-24-26-28-30-32-34-36-38-40-47(51)54-43-45(49)44-56-57(52,53)55-42-41-48-46(50)39-37-35-33-31-29-27-25-18-16-14-12-10-8-6-4-2/h6,8,12,14,18,25,45,49H,3-5,7,9-11,13,15-17,19-24,26-44H2,1-2H3,(H,48,50)(H,52,53)/b8-6-,14-12-,25-18-. The molecule has 0 rings (SSSR count). The normalized spacial score (nSPS) is 13.5.